The van der Waals surface area contributed by atoms with Gasteiger partial charge in [-0.3, -0.25) is 0 Å². The summed E-state index contributed by atoms with van der Waals surface area (Å²) >= 11 is 0. The lowest BCUT2D eigenvalue weighted by molar-refractivity contribution is 0.283. The van der Waals surface area contributed by atoms with Gasteiger partial charge in [-0.1, -0.05) is 18.2 Å². The van der Waals surface area contributed by atoms with Crippen molar-refractivity contribution in [2.75, 3.05) is 0 Å². The molecule has 2 nitrogen and oxygen atoms in total. The van der Waals surface area contributed by atoms with Crippen LogP contribution in [0.25, 0.3) is 10.9 Å². The van der Waals surface area contributed by atoms with Gasteiger partial charge in [0.1, 0.15) is 11.6 Å². The molecule has 0 aliphatic rings. The first kappa shape index (κ1) is 12.8. The SMILES string of the molecule is OCc1cccc2c1ccn2Cc1c(F)cccc1F. The van der Waals surface area contributed by atoms with Gasteiger partial charge >= 0.3 is 0 Å². The molecule has 1 N–H and O–H groups in total. The van der Waals surface area contributed by atoms with E-state index < -0.39 is 11.6 Å². The number of hydrogen-bond donors (Lipinski definition) is 1. The number of rotatable bonds is 3. The first-order valence-electron chi connectivity index (χ1n) is 6.31. The summed E-state index contributed by atoms with van der Waals surface area (Å²) in [6.45, 7) is 0.0618. The van der Waals surface area contributed by atoms with Crippen molar-refractivity contribution >= 4 is 10.9 Å². The zero-order valence-corrected chi connectivity index (χ0v) is 10.7. The third-order valence-corrected chi connectivity index (χ3v) is 3.46. The van der Waals surface area contributed by atoms with Crippen LogP contribution in [0, 0.1) is 11.6 Å². The van der Waals surface area contributed by atoms with E-state index in [1.807, 2.05) is 24.3 Å². The molecule has 1 heterocycles. The fourth-order valence-electron chi connectivity index (χ4n) is 2.42. The summed E-state index contributed by atoms with van der Waals surface area (Å²) in [5.41, 5.74) is 1.69. The highest BCUT2D eigenvalue weighted by Gasteiger charge is 2.11. The van der Waals surface area contributed by atoms with E-state index in [0.717, 1.165) is 16.5 Å². The first-order chi connectivity index (χ1) is 9.70. The van der Waals surface area contributed by atoms with Crippen molar-refractivity contribution in [1.82, 2.24) is 4.57 Å². The quantitative estimate of drug-likeness (QED) is 0.776. The largest absolute Gasteiger partial charge is 0.392 e. The molecule has 20 heavy (non-hydrogen) atoms. The minimum Gasteiger partial charge on any atom is -0.392 e. The standard InChI is InChI=1S/C16H13F2NO/c17-14-4-2-5-15(18)13(14)9-19-8-7-12-11(10-20)3-1-6-16(12)19/h1-8,20H,9-10H2. The zero-order valence-electron chi connectivity index (χ0n) is 10.7. The summed E-state index contributed by atoms with van der Waals surface area (Å²) in [5.74, 6) is -1.10. The molecule has 0 spiro atoms. The molecule has 0 aliphatic heterocycles. The first-order valence-corrected chi connectivity index (χ1v) is 6.31. The van der Waals surface area contributed by atoms with Crippen molar-refractivity contribution < 1.29 is 13.9 Å². The van der Waals surface area contributed by atoms with Crippen LogP contribution in [0.15, 0.2) is 48.7 Å². The Bertz CT molecular complexity index is 744. The van der Waals surface area contributed by atoms with Gasteiger partial charge < -0.3 is 9.67 Å². The molecule has 0 amide bonds. The maximum atomic E-state index is 13.7. The van der Waals surface area contributed by atoms with E-state index in [1.54, 1.807) is 10.8 Å². The molecular weight excluding hydrogens is 260 g/mol. The van der Waals surface area contributed by atoms with Crippen LogP contribution in [0.3, 0.4) is 0 Å². The molecule has 0 radical (unpaired) electrons. The number of benzene rings is 2. The summed E-state index contributed by atoms with van der Waals surface area (Å²) in [4.78, 5) is 0. The summed E-state index contributed by atoms with van der Waals surface area (Å²) in [6.07, 6.45) is 1.77. The molecule has 0 atom stereocenters. The minimum absolute atomic E-state index is 0.0411. The van der Waals surface area contributed by atoms with E-state index in [1.165, 1.54) is 18.2 Å². The van der Waals surface area contributed by atoms with Gasteiger partial charge in [0.25, 0.3) is 0 Å². The highest BCUT2D eigenvalue weighted by molar-refractivity contribution is 5.83. The van der Waals surface area contributed by atoms with Crippen LogP contribution in [-0.2, 0) is 13.2 Å². The maximum Gasteiger partial charge on any atom is 0.131 e. The van der Waals surface area contributed by atoms with Crippen LogP contribution in [-0.4, -0.2) is 9.67 Å². The molecule has 1 aromatic heterocycles. The molecule has 0 bridgehead atoms. The van der Waals surface area contributed by atoms with Crippen molar-refractivity contribution in [3.05, 3.63) is 71.4 Å². The number of aliphatic hydroxyl groups is 1. The van der Waals surface area contributed by atoms with Gasteiger partial charge in [0.05, 0.1) is 13.2 Å². The Hall–Kier alpha value is -2.20. The molecule has 4 heteroatoms. The second-order valence-corrected chi connectivity index (χ2v) is 4.65. The van der Waals surface area contributed by atoms with E-state index in [2.05, 4.69) is 0 Å². The van der Waals surface area contributed by atoms with Crippen LogP contribution >= 0.6 is 0 Å². The van der Waals surface area contributed by atoms with Crippen molar-refractivity contribution in [2.45, 2.75) is 13.2 Å². The Morgan fingerprint density at radius 3 is 2.35 bits per heavy atom. The smallest absolute Gasteiger partial charge is 0.131 e. The normalized spacial score (nSPS) is 11.2. The van der Waals surface area contributed by atoms with Gasteiger partial charge in [-0.2, -0.15) is 0 Å². The highest BCUT2D eigenvalue weighted by atomic mass is 19.1. The molecule has 0 saturated carbocycles. The van der Waals surface area contributed by atoms with Gasteiger partial charge in [-0.05, 0) is 29.8 Å². The van der Waals surface area contributed by atoms with Crippen LogP contribution in [0.1, 0.15) is 11.1 Å². The number of halogens is 2. The molecule has 0 saturated heterocycles. The number of fused-ring (bicyclic) bond motifs is 1. The molecule has 102 valence electrons. The predicted molar refractivity (Wildman–Crippen MR) is 73.3 cm³/mol. The van der Waals surface area contributed by atoms with E-state index in [4.69, 9.17) is 0 Å². The number of hydrogen-bond acceptors (Lipinski definition) is 1. The van der Waals surface area contributed by atoms with E-state index in [-0.39, 0.29) is 18.7 Å². The van der Waals surface area contributed by atoms with Crippen molar-refractivity contribution in [2.24, 2.45) is 0 Å². The Morgan fingerprint density at radius 1 is 0.950 bits per heavy atom. The Kier molecular flexibility index (Phi) is 3.24. The van der Waals surface area contributed by atoms with Crippen molar-refractivity contribution in [3.63, 3.8) is 0 Å². The van der Waals surface area contributed by atoms with E-state index >= 15 is 0 Å². The van der Waals surface area contributed by atoms with Crippen LogP contribution in [0.4, 0.5) is 8.78 Å². The van der Waals surface area contributed by atoms with E-state index in [9.17, 15) is 13.9 Å². The molecule has 3 rings (SSSR count). The Morgan fingerprint density at radius 2 is 1.65 bits per heavy atom. The molecule has 0 aliphatic carbocycles. The summed E-state index contributed by atoms with van der Waals surface area (Å²) in [5, 5.41) is 10.2. The fourth-order valence-corrected chi connectivity index (χ4v) is 2.42. The van der Waals surface area contributed by atoms with Gasteiger partial charge in [0.15, 0.2) is 0 Å². The van der Waals surface area contributed by atoms with Gasteiger partial charge in [0.2, 0.25) is 0 Å². The minimum atomic E-state index is -0.551. The monoisotopic (exact) mass is 273 g/mol. The second-order valence-electron chi connectivity index (χ2n) is 4.65. The van der Waals surface area contributed by atoms with Crippen molar-refractivity contribution in [3.8, 4) is 0 Å². The summed E-state index contributed by atoms with van der Waals surface area (Å²) in [7, 11) is 0. The fraction of sp³-hybridized carbons (Fsp3) is 0.125. The summed E-state index contributed by atoms with van der Waals surface area (Å²) in [6, 6.07) is 11.2. The number of aliphatic hydroxyl groups excluding tert-OH is 1. The topological polar surface area (TPSA) is 25.2 Å². The predicted octanol–water partition coefficient (Wildman–Crippen LogP) is 3.46. The second kappa shape index (κ2) is 5.06. The lowest BCUT2D eigenvalue weighted by Gasteiger charge is -2.08. The van der Waals surface area contributed by atoms with Gasteiger partial charge in [-0.15, -0.1) is 0 Å². The van der Waals surface area contributed by atoms with Crippen LogP contribution in [0.2, 0.25) is 0 Å². The van der Waals surface area contributed by atoms with Crippen LogP contribution in [0.5, 0.6) is 0 Å². The number of aromatic nitrogens is 1. The number of nitrogens with zero attached hydrogens (tertiary/aromatic N) is 1. The Labute approximate surface area is 114 Å². The summed E-state index contributed by atoms with van der Waals surface area (Å²) < 4.78 is 29.2. The molecule has 0 fully saturated rings. The average molecular weight is 273 g/mol. The lowest BCUT2D eigenvalue weighted by atomic mass is 10.1. The average Bonchev–Trinajstić information content (AvgIpc) is 2.86. The lowest BCUT2D eigenvalue weighted by Crippen LogP contribution is -2.03. The molecule has 2 aromatic carbocycles. The Balaban J connectivity index is 2.08. The molecular formula is C16H13F2NO. The third kappa shape index (κ3) is 2.08. The van der Waals surface area contributed by atoms with Gasteiger partial charge in [0, 0.05) is 22.7 Å². The highest BCUT2D eigenvalue weighted by Crippen LogP contribution is 2.22. The van der Waals surface area contributed by atoms with E-state index in [0.29, 0.717) is 0 Å². The zero-order chi connectivity index (χ0) is 14.1. The van der Waals surface area contributed by atoms with Crippen molar-refractivity contribution in [1.29, 1.82) is 0 Å². The van der Waals surface area contributed by atoms with Crippen LogP contribution < -0.4 is 0 Å². The molecule has 0 unspecified atom stereocenters. The van der Waals surface area contributed by atoms with Gasteiger partial charge in [-0.25, -0.2) is 8.78 Å². The third-order valence-electron chi connectivity index (χ3n) is 3.46. The maximum absolute atomic E-state index is 13.7. The molecule has 3 aromatic rings.